The van der Waals surface area contributed by atoms with E-state index in [4.69, 9.17) is 0 Å². The number of aryl methyl sites for hydroxylation is 1. The third kappa shape index (κ3) is 2.89. The van der Waals surface area contributed by atoms with Crippen molar-refractivity contribution in [2.45, 2.75) is 27.2 Å². The maximum Gasteiger partial charge on any atom is 0.252 e. The fourth-order valence-electron chi connectivity index (χ4n) is 2.05. The van der Waals surface area contributed by atoms with Crippen LogP contribution in [0.1, 0.15) is 36.2 Å². The lowest BCUT2D eigenvalue weighted by Crippen LogP contribution is -2.26. The molecule has 1 aromatic rings. The van der Waals surface area contributed by atoms with E-state index in [2.05, 4.69) is 35.1 Å². The minimum atomic E-state index is 0.0169. The first kappa shape index (κ1) is 12.6. The Labute approximate surface area is 111 Å². The summed E-state index contributed by atoms with van der Waals surface area (Å²) in [5.74, 6) is 0.651. The second-order valence-corrected chi connectivity index (χ2v) is 6.44. The molecule has 1 unspecified atom stereocenters. The molecule has 92 valence electrons. The number of rotatable bonds is 3. The molecule has 0 radical (unpaired) electrons. The number of hydrogen-bond acceptors (Lipinski definition) is 1. The number of halogens is 1. The summed E-state index contributed by atoms with van der Waals surface area (Å²) in [6, 6.07) is 5.83. The minimum absolute atomic E-state index is 0.0169. The van der Waals surface area contributed by atoms with E-state index in [-0.39, 0.29) is 5.91 Å². The molecule has 2 rings (SSSR count). The zero-order chi connectivity index (χ0) is 12.6. The lowest BCUT2D eigenvalue weighted by atomic mass is 10.1. The summed E-state index contributed by atoms with van der Waals surface area (Å²) in [7, 11) is 0. The van der Waals surface area contributed by atoms with Gasteiger partial charge in [0.1, 0.15) is 0 Å². The zero-order valence-corrected chi connectivity index (χ0v) is 12.1. The number of hydrogen-bond donors (Lipinski definition) is 1. The molecule has 1 aliphatic carbocycles. The Kier molecular flexibility index (Phi) is 3.30. The van der Waals surface area contributed by atoms with Crippen molar-refractivity contribution in [3.8, 4) is 0 Å². The van der Waals surface area contributed by atoms with Crippen LogP contribution in [0, 0.1) is 18.3 Å². The van der Waals surface area contributed by atoms with Crippen LogP contribution in [0.2, 0.25) is 0 Å². The average Bonchev–Trinajstić information content (AvgIpc) is 2.87. The predicted molar refractivity (Wildman–Crippen MR) is 73.1 cm³/mol. The Bertz CT molecular complexity index is 454. The maximum absolute atomic E-state index is 12.0. The Balaban J connectivity index is 1.98. The number of carbonyl (C=O) groups is 1. The van der Waals surface area contributed by atoms with Crippen molar-refractivity contribution < 1.29 is 4.79 Å². The normalized spacial score (nSPS) is 21.1. The summed E-state index contributed by atoms with van der Waals surface area (Å²) < 4.78 is 0.857. The van der Waals surface area contributed by atoms with Crippen molar-refractivity contribution in [3.63, 3.8) is 0 Å². The van der Waals surface area contributed by atoms with Crippen LogP contribution in [0.5, 0.6) is 0 Å². The summed E-state index contributed by atoms with van der Waals surface area (Å²) in [5.41, 5.74) is 2.24. The highest BCUT2D eigenvalue weighted by atomic mass is 79.9. The van der Waals surface area contributed by atoms with E-state index < -0.39 is 0 Å². The van der Waals surface area contributed by atoms with Crippen LogP contribution in [0.4, 0.5) is 0 Å². The van der Waals surface area contributed by atoms with Crippen LogP contribution in [-0.2, 0) is 0 Å². The van der Waals surface area contributed by atoms with Gasteiger partial charge in [-0.15, -0.1) is 0 Å². The highest BCUT2D eigenvalue weighted by Gasteiger charge is 2.45. The van der Waals surface area contributed by atoms with Gasteiger partial charge < -0.3 is 5.32 Å². The van der Waals surface area contributed by atoms with Crippen molar-refractivity contribution in [1.82, 2.24) is 5.32 Å². The van der Waals surface area contributed by atoms with Crippen LogP contribution in [0.25, 0.3) is 0 Å². The molecule has 1 N–H and O–H groups in total. The Morgan fingerprint density at radius 2 is 2.18 bits per heavy atom. The Hall–Kier alpha value is -0.830. The largest absolute Gasteiger partial charge is 0.352 e. The van der Waals surface area contributed by atoms with Crippen LogP contribution in [0.15, 0.2) is 22.7 Å². The highest BCUT2D eigenvalue weighted by Crippen LogP contribution is 2.50. The lowest BCUT2D eigenvalue weighted by Gasteiger charge is -2.08. The van der Waals surface area contributed by atoms with Gasteiger partial charge in [0.15, 0.2) is 0 Å². The summed E-state index contributed by atoms with van der Waals surface area (Å²) >= 11 is 3.42. The van der Waals surface area contributed by atoms with Gasteiger partial charge in [-0.2, -0.15) is 0 Å². The molecule has 2 nitrogen and oxygen atoms in total. The zero-order valence-electron chi connectivity index (χ0n) is 10.5. The molecule has 0 spiro atoms. The molecule has 1 fully saturated rings. The monoisotopic (exact) mass is 295 g/mol. The molecule has 1 atom stereocenters. The van der Waals surface area contributed by atoms with Crippen molar-refractivity contribution in [1.29, 1.82) is 0 Å². The van der Waals surface area contributed by atoms with Gasteiger partial charge in [-0.3, -0.25) is 4.79 Å². The lowest BCUT2D eigenvalue weighted by molar-refractivity contribution is 0.0949. The van der Waals surface area contributed by atoms with Crippen LogP contribution < -0.4 is 5.32 Å². The molecular weight excluding hydrogens is 278 g/mol. The van der Waals surface area contributed by atoms with E-state index in [1.165, 1.54) is 6.42 Å². The molecular formula is C14H18BrNO. The first-order chi connectivity index (χ1) is 7.90. The Morgan fingerprint density at radius 1 is 1.53 bits per heavy atom. The summed E-state index contributed by atoms with van der Waals surface area (Å²) in [5, 5.41) is 3.02. The Morgan fingerprint density at radius 3 is 2.76 bits per heavy atom. The third-order valence-electron chi connectivity index (χ3n) is 3.59. The van der Waals surface area contributed by atoms with E-state index in [1.807, 2.05) is 25.1 Å². The predicted octanol–water partition coefficient (Wildman–Crippen LogP) is 3.53. The van der Waals surface area contributed by atoms with Crippen LogP contribution >= 0.6 is 15.9 Å². The fraction of sp³-hybridized carbons (Fsp3) is 0.500. The van der Waals surface area contributed by atoms with Crippen molar-refractivity contribution in [2.75, 3.05) is 6.54 Å². The molecule has 17 heavy (non-hydrogen) atoms. The van der Waals surface area contributed by atoms with Gasteiger partial charge in [0.2, 0.25) is 0 Å². The van der Waals surface area contributed by atoms with Crippen molar-refractivity contribution in [3.05, 3.63) is 33.8 Å². The van der Waals surface area contributed by atoms with E-state index in [9.17, 15) is 4.79 Å². The van der Waals surface area contributed by atoms with E-state index in [1.54, 1.807) is 0 Å². The summed E-state index contributed by atoms with van der Waals surface area (Å²) in [6.45, 7) is 7.26. The summed E-state index contributed by atoms with van der Waals surface area (Å²) in [6.07, 6.45) is 1.21. The molecule has 1 saturated carbocycles. The third-order valence-corrected chi connectivity index (χ3v) is 4.28. The molecule has 1 aromatic carbocycles. The molecule has 0 saturated heterocycles. The SMILES string of the molecule is Cc1ccc(Br)c(C(=O)NCC2CC2(C)C)c1. The molecule has 0 aromatic heterocycles. The van der Waals surface area contributed by atoms with Gasteiger partial charge in [0.05, 0.1) is 5.56 Å². The van der Waals surface area contributed by atoms with Gasteiger partial charge in [-0.25, -0.2) is 0 Å². The van der Waals surface area contributed by atoms with E-state index in [0.29, 0.717) is 11.3 Å². The number of nitrogens with one attached hydrogen (secondary N) is 1. The molecule has 0 aliphatic heterocycles. The van der Waals surface area contributed by atoms with E-state index in [0.717, 1.165) is 22.1 Å². The standard InChI is InChI=1S/C14H18BrNO/c1-9-4-5-12(15)11(6-9)13(17)16-8-10-7-14(10,2)3/h4-6,10H,7-8H2,1-3H3,(H,16,17). The first-order valence-electron chi connectivity index (χ1n) is 5.94. The van der Waals surface area contributed by atoms with Gasteiger partial charge in [-0.05, 0) is 52.7 Å². The van der Waals surface area contributed by atoms with Crippen LogP contribution in [0.3, 0.4) is 0 Å². The topological polar surface area (TPSA) is 29.1 Å². The number of amides is 1. The van der Waals surface area contributed by atoms with Crippen molar-refractivity contribution >= 4 is 21.8 Å². The van der Waals surface area contributed by atoms with Gasteiger partial charge in [-0.1, -0.05) is 25.5 Å². The summed E-state index contributed by atoms with van der Waals surface area (Å²) in [4.78, 5) is 12.0. The molecule has 0 bridgehead atoms. The second kappa shape index (κ2) is 4.45. The molecule has 0 heterocycles. The fourth-order valence-corrected chi connectivity index (χ4v) is 2.48. The minimum Gasteiger partial charge on any atom is -0.352 e. The maximum atomic E-state index is 12.0. The first-order valence-corrected chi connectivity index (χ1v) is 6.74. The van der Waals surface area contributed by atoms with E-state index >= 15 is 0 Å². The molecule has 1 amide bonds. The molecule has 1 aliphatic rings. The second-order valence-electron chi connectivity index (χ2n) is 5.58. The molecule has 3 heteroatoms. The van der Waals surface area contributed by atoms with Crippen molar-refractivity contribution in [2.24, 2.45) is 11.3 Å². The van der Waals surface area contributed by atoms with Gasteiger partial charge in [0, 0.05) is 11.0 Å². The number of carbonyl (C=O) groups excluding carboxylic acids is 1. The number of benzene rings is 1. The van der Waals surface area contributed by atoms with Gasteiger partial charge in [0.25, 0.3) is 5.91 Å². The average molecular weight is 296 g/mol. The smallest absolute Gasteiger partial charge is 0.252 e. The van der Waals surface area contributed by atoms with Crippen LogP contribution in [-0.4, -0.2) is 12.5 Å². The van der Waals surface area contributed by atoms with Gasteiger partial charge >= 0.3 is 0 Å². The quantitative estimate of drug-likeness (QED) is 0.908. The highest BCUT2D eigenvalue weighted by molar-refractivity contribution is 9.10.